The van der Waals surface area contributed by atoms with E-state index in [1.54, 1.807) is 0 Å². The van der Waals surface area contributed by atoms with Crippen LogP contribution in [0.5, 0.6) is 0 Å². The summed E-state index contributed by atoms with van der Waals surface area (Å²) in [5.74, 6) is 0.869. The molecule has 1 aliphatic carbocycles. The second kappa shape index (κ2) is 5.77. The van der Waals surface area contributed by atoms with Crippen LogP contribution in [-0.2, 0) is 0 Å². The molecule has 0 radical (unpaired) electrons. The van der Waals surface area contributed by atoms with Crippen LogP contribution in [0.2, 0.25) is 0 Å². The lowest BCUT2D eigenvalue weighted by atomic mass is 9.69. The molecule has 0 saturated heterocycles. The third-order valence-electron chi connectivity index (χ3n) is 4.31. The van der Waals surface area contributed by atoms with Crippen LogP contribution >= 0.6 is 11.8 Å². The van der Waals surface area contributed by atoms with Gasteiger partial charge in [0.25, 0.3) is 0 Å². The Bertz CT molecular complexity index is 213. The first-order valence-electron chi connectivity index (χ1n) is 6.78. The molecule has 0 bridgehead atoms. The van der Waals surface area contributed by atoms with Gasteiger partial charge in [0.1, 0.15) is 0 Å². The predicted octanol–water partition coefficient (Wildman–Crippen LogP) is 4.06. The minimum Gasteiger partial charge on any atom is -0.327 e. The quantitative estimate of drug-likeness (QED) is 0.806. The van der Waals surface area contributed by atoms with Crippen LogP contribution in [0.1, 0.15) is 60.3 Å². The molecule has 2 heteroatoms. The van der Waals surface area contributed by atoms with E-state index in [2.05, 4.69) is 46.4 Å². The summed E-state index contributed by atoms with van der Waals surface area (Å²) in [5.41, 5.74) is 6.75. The van der Waals surface area contributed by atoms with Gasteiger partial charge < -0.3 is 5.73 Å². The maximum absolute atomic E-state index is 6.25. The number of thioether (sulfide) groups is 1. The zero-order chi connectivity index (χ0) is 12.3. The number of hydrogen-bond acceptors (Lipinski definition) is 2. The maximum Gasteiger partial charge on any atom is 0.0204 e. The second-order valence-corrected chi connectivity index (χ2v) is 8.06. The third-order valence-corrected chi connectivity index (χ3v) is 5.74. The number of hydrogen-bond donors (Lipinski definition) is 1. The smallest absolute Gasteiger partial charge is 0.0204 e. The molecule has 0 heterocycles. The minimum atomic E-state index is 0.427. The molecule has 16 heavy (non-hydrogen) atoms. The summed E-state index contributed by atoms with van der Waals surface area (Å²) in [6.07, 6.45) is 5.16. The lowest BCUT2D eigenvalue weighted by molar-refractivity contribution is 0.148. The van der Waals surface area contributed by atoms with E-state index in [0.29, 0.717) is 22.0 Å². The van der Waals surface area contributed by atoms with Gasteiger partial charge in [-0.25, -0.2) is 0 Å². The van der Waals surface area contributed by atoms with Crippen molar-refractivity contribution in [2.75, 3.05) is 0 Å². The van der Waals surface area contributed by atoms with Crippen molar-refractivity contribution in [3.8, 4) is 0 Å². The predicted molar refractivity (Wildman–Crippen MR) is 75.9 cm³/mol. The Hall–Kier alpha value is 0.310. The summed E-state index contributed by atoms with van der Waals surface area (Å²) < 4.78 is 0. The van der Waals surface area contributed by atoms with E-state index in [4.69, 9.17) is 5.73 Å². The van der Waals surface area contributed by atoms with E-state index < -0.39 is 0 Å². The highest BCUT2D eigenvalue weighted by atomic mass is 32.2. The summed E-state index contributed by atoms with van der Waals surface area (Å²) in [4.78, 5) is 0. The Balaban J connectivity index is 2.60. The van der Waals surface area contributed by atoms with E-state index in [-0.39, 0.29) is 0 Å². The maximum atomic E-state index is 6.25. The topological polar surface area (TPSA) is 26.0 Å². The van der Waals surface area contributed by atoms with Gasteiger partial charge in [-0.1, -0.05) is 41.0 Å². The highest BCUT2D eigenvalue weighted by Gasteiger charge is 2.36. The first-order valence-corrected chi connectivity index (χ1v) is 7.72. The van der Waals surface area contributed by atoms with E-state index in [1.165, 1.54) is 25.7 Å². The SMILES string of the molecule is CCC(C)(C)C1CCC(N)C(SC(C)C)C1. The van der Waals surface area contributed by atoms with Crippen LogP contribution in [0.4, 0.5) is 0 Å². The van der Waals surface area contributed by atoms with E-state index >= 15 is 0 Å². The van der Waals surface area contributed by atoms with Gasteiger partial charge in [-0.2, -0.15) is 11.8 Å². The monoisotopic (exact) mass is 243 g/mol. The van der Waals surface area contributed by atoms with Gasteiger partial charge in [-0.3, -0.25) is 0 Å². The van der Waals surface area contributed by atoms with Gasteiger partial charge in [0.2, 0.25) is 0 Å². The Morgan fingerprint density at radius 2 is 1.94 bits per heavy atom. The summed E-state index contributed by atoms with van der Waals surface area (Å²) in [5, 5.41) is 1.39. The summed E-state index contributed by atoms with van der Waals surface area (Å²) in [6, 6.07) is 0.427. The van der Waals surface area contributed by atoms with Gasteiger partial charge in [0.15, 0.2) is 0 Å². The average Bonchev–Trinajstić information content (AvgIpc) is 2.20. The molecule has 0 aromatic rings. The van der Waals surface area contributed by atoms with Crippen LogP contribution in [0, 0.1) is 11.3 Å². The van der Waals surface area contributed by atoms with Crippen LogP contribution in [-0.4, -0.2) is 16.5 Å². The van der Waals surface area contributed by atoms with Crippen LogP contribution < -0.4 is 5.73 Å². The molecule has 0 amide bonds. The highest BCUT2D eigenvalue weighted by molar-refractivity contribution is 8.00. The minimum absolute atomic E-state index is 0.427. The van der Waals surface area contributed by atoms with Crippen molar-refractivity contribution in [1.29, 1.82) is 0 Å². The zero-order valence-corrected chi connectivity index (χ0v) is 12.4. The normalized spacial score (nSPS) is 32.1. The average molecular weight is 243 g/mol. The Morgan fingerprint density at radius 1 is 1.31 bits per heavy atom. The lowest BCUT2D eigenvalue weighted by Gasteiger charge is -2.42. The molecular weight excluding hydrogens is 214 g/mol. The van der Waals surface area contributed by atoms with E-state index in [0.717, 1.165) is 5.92 Å². The largest absolute Gasteiger partial charge is 0.327 e. The van der Waals surface area contributed by atoms with Gasteiger partial charge in [-0.05, 0) is 35.8 Å². The summed E-state index contributed by atoms with van der Waals surface area (Å²) in [7, 11) is 0. The molecule has 0 spiro atoms. The molecule has 96 valence electrons. The zero-order valence-electron chi connectivity index (χ0n) is 11.6. The summed E-state index contributed by atoms with van der Waals surface area (Å²) in [6.45, 7) is 11.7. The van der Waals surface area contributed by atoms with Crippen molar-refractivity contribution in [3.63, 3.8) is 0 Å². The molecule has 1 nitrogen and oxygen atoms in total. The van der Waals surface area contributed by atoms with Crippen molar-refractivity contribution >= 4 is 11.8 Å². The van der Waals surface area contributed by atoms with Crippen molar-refractivity contribution in [2.24, 2.45) is 17.1 Å². The standard InChI is InChI=1S/C14H29NS/c1-6-14(4,5)11-7-8-12(15)13(9-11)16-10(2)3/h10-13H,6-9,15H2,1-5H3. The van der Waals surface area contributed by atoms with Crippen molar-refractivity contribution < 1.29 is 0 Å². The lowest BCUT2D eigenvalue weighted by Crippen LogP contribution is -2.42. The fourth-order valence-electron chi connectivity index (χ4n) is 2.66. The Kier molecular flexibility index (Phi) is 5.18. The van der Waals surface area contributed by atoms with Gasteiger partial charge in [0, 0.05) is 11.3 Å². The second-order valence-electron chi connectivity index (χ2n) is 6.24. The van der Waals surface area contributed by atoms with Crippen molar-refractivity contribution in [2.45, 2.75) is 76.8 Å². The fourth-order valence-corrected chi connectivity index (χ4v) is 4.04. The van der Waals surface area contributed by atoms with Crippen LogP contribution in [0.25, 0.3) is 0 Å². The number of nitrogens with two attached hydrogens (primary N) is 1. The Labute approximate surface area is 106 Å². The first kappa shape index (κ1) is 14.4. The van der Waals surface area contributed by atoms with Crippen molar-refractivity contribution in [1.82, 2.24) is 0 Å². The fraction of sp³-hybridized carbons (Fsp3) is 1.00. The first-order chi connectivity index (χ1) is 7.36. The van der Waals surface area contributed by atoms with Gasteiger partial charge >= 0.3 is 0 Å². The molecule has 2 N–H and O–H groups in total. The van der Waals surface area contributed by atoms with Crippen LogP contribution in [0.3, 0.4) is 0 Å². The molecule has 3 atom stereocenters. The van der Waals surface area contributed by atoms with Gasteiger partial charge in [-0.15, -0.1) is 0 Å². The number of rotatable bonds is 4. The molecular formula is C14H29NS. The van der Waals surface area contributed by atoms with Gasteiger partial charge in [0.05, 0.1) is 0 Å². The molecule has 1 saturated carbocycles. The van der Waals surface area contributed by atoms with Crippen molar-refractivity contribution in [3.05, 3.63) is 0 Å². The van der Waals surface area contributed by atoms with E-state index in [1.807, 2.05) is 0 Å². The molecule has 0 aromatic heterocycles. The van der Waals surface area contributed by atoms with Crippen LogP contribution in [0.15, 0.2) is 0 Å². The molecule has 0 aliphatic heterocycles. The van der Waals surface area contributed by atoms with E-state index in [9.17, 15) is 0 Å². The molecule has 1 fully saturated rings. The Morgan fingerprint density at radius 3 is 2.44 bits per heavy atom. The third kappa shape index (κ3) is 3.66. The molecule has 1 aliphatic rings. The summed E-state index contributed by atoms with van der Waals surface area (Å²) >= 11 is 2.09. The molecule has 1 rings (SSSR count). The highest BCUT2D eigenvalue weighted by Crippen LogP contribution is 2.43. The molecule has 3 unspecified atom stereocenters. The molecule has 0 aromatic carbocycles.